The van der Waals surface area contributed by atoms with Crippen molar-refractivity contribution >= 4 is 5.69 Å². The highest BCUT2D eigenvalue weighted by atomic mass is 16.3. The van der Waals surface area contributed by atoms with Crippen LogP contribution in [0.3, 0.4) is 0 Å². The fraction of sp³-hybridized carbons (Fsp3) is 0.625. The van der Waals surface area contributed by atoms with E-state index in [0.717, 1.165) is 43.4 Å². The van der Waals surface area contributed by atoms with Gasteiger partial charge in [-0.3, -0.25) is 0 Å². The summed E-state index contributed by atoms with van der Waals surface area (Å²) in [4.78, 5) is 2.10. The summed E-state index contributed by atoms with van der Waals surface area (Å²) >= 11 is 0. The first kappa shape index (κ1) is 14.4. The van der Waals surface area contributed by atoms with Crippen molar-refractivity contribution in [2.45, 2.75) is 50.7 Å². The summed E-state index contributed by atoms with van der Waals surface area (Å²) in [6.45, 7) is 2.66. The number of benzene rings is 1. The van der Waals surface area contributed by atoms with Crippen LogP contribution in [0, 0.1) is 0 Å². The third-order valence-corrected chi connectivity index (χ3v) is 4.17. The molecule has 2 rings (SSSR count). The van der Waals surface area contributed by atoms with E-state index in [1.807, 2.05) is 38.2 Å². The minimum atomic E-state index is -0.518. The van der Waals surface area contributed by atoms with E-state index in [1.165, 1.54) is 0 Å². The summed E-state index contributed by atoms with van der Waals surface area (Å²) in [7, 11) is 2.02. The Kier molecular flexibility index (Phi) is 4.48. The molecule has 1 aromatic rings. The minimum absolute atomic E-state index is 0.377. The second-order valence-corrected chi connectivity index (χ2v) is 5.80. The summed E-state index contributed by atoms with van der Waals surface area (Å²) in [5.41, 5.74) is 1.53. The number of rotatable bonds is 5. The maximum Gasteiger partial charge on any atom is 0.0821 e. The van der Waals surface area contributed by atoms with Crippen LogP contribution in [0.5, 0.6) is 0 Å². The van der Waals surface area contributed by atoms with Gasteiger partial charge in [0.2, 0.25) is 0 Å². The maximum absolute atomic E-state index is 10.4. The van der Waals surface area contributed by atoms with E-state index < -0.39 is 5.60 Å². The van der Waals surface area contributed by atoms with Crippen LogP contribution in [-0.4, -0.2) is 29.4 Å². The molecule has 1 aliphatic rings. The largest absolute Gasteiger partial charge is 0.388 e. The molecule has 1 fully saturated rings. The van der Waals surface area contributed by atoms with Crippen molar-refractivity contribution < 1.29 is 10.2 Å². The second kappa shape index (κ2) is 5.93. The van der Waals surface area contributed by atoms with Crippen LogP contribution in [0.15, 0.2) is 24.3 Å². The first-order chi connectivity index (χ1) is 9.04. The van der Waals surface area contributed by atoms with Gasteiger partial charge in [0.25, 0.3) is 0 Å². The van der Waals surface area contributed by atoms with Gasteiger partial charge in [-0.25, -0.2) is 0 Å². The average Bonchev–Trinajstić information content (AvgIpc) is 2.84. The Balaban J connectivity index is 2.01. The Hall–Kier alpha value is -1.06. The normalized spacial score (nSPS) is 19.4. The molecule has 0 amide bonds. The average molecular weight is 263 g/mol. The number of nitrogens with zero attached hydrogens (tertiary/aromatic N) is 1. The third kappa shape index (κ3) is 3.48. The third-order valence-electron chi connectivity index (χ3n) is 4.17. The van der Waals surface area contributed by atoms with E-state index in [1.54, 1.807) is 0 Å². The number of likely N-dealkylation sites (N-methyl/N-ethyl adjacent to an activating group) is 1. The van der Waals surface area contributed by atoms with Crippen molar-refractivity contribution in [3.63, 3.8) is 0 Å². The van der Waals surface area contributed by atoms with E-state index in [-0.39, 0.29) is 6.10 Å². The molecule has 0 saturated heterocycles. The Labute approximate surface area is 115 Å². The molecule has 0 aromatic heterocycles. The second-order valence-electron chi connectivity index (χ2n) is 5.80. The number of aliphatic hydroxyl groups excluding tert-OH is 1. The van der Waals surface area contributed by atoms with Gasteiger partial charge in [-0.05, 0) is 37.0 Å². The molecule has 19 heavy (non-hydrogen) atoms. The lowest BCUT2D eigenvalue weighted by Crippen LogP contribution is -2.39. The molecule has 1 aliphatic carbocycles. The molecule has 0 spiro atoms. The number of anilines is 1. The summed E-state index contributed by atoms with van der Waals surface area (Å²) < 4.78 is 0. The zero-order chi connectivity index (χ0) is 13.9. The van der Waals surface area contributed by atoms with Crippen LogP contribution in [0.25, 0.3) is 0 Å². The van der Waals surface area contributed by atoms with Crippen molar-refractivity contribution in [3.05, 3.63) is 29.8 Å². The first-order valence-corrected chi connectivity index (χ1v) is 7.25. The molecular weight excluding hydrogens is 238 g/mol. The van der Waals surface area contributed by atoms with Crippen LogP contribution in [0.2, 0.25) is 0 Å². The molecule has 0 heterocycles. The molecule has 3 nitrogen and oxygen atoms in total. The fourth-order valence-electron chi connectivity index (χ4n) is 2.91. The van der Waals surface area contributed by atoms with Crippen molar-refractivity contribution in [2.75, 3.05) is 18.5 Å². The van der Waals surface area contributed by atoms with E-state index in [4.69, 9.17) is 0 Å². The molecule has 2 N–H and O–H groups in total. The highest BCUT2D eigenvalue weighted by molar-refractivity contribution is 5.47. The Bertz CT molecular complexity index is 396. The molecule has 0 aliphatic heterocycles. The van der Waals surface area contributed by atoms with E-state index in [0.29, 0.717) is 6.54 Å². The first-order valence-electron chi connectivity index (χ1n) is 7.25. The van der Waals surface area contributed by atoms with Crippen molar-refractivity contribution in [3.8, 4) is 0 Å². The zero-order valence-electron chi connectivity index (χ0n) is 12.0. The summed E-state index contributed by atoms with van der Waals surface area (Å²) in [6.07, 6.45) is 4.43. The highest BCUT2D eigenvalue weighted by Gasteiger charge is 2.32. The van der Waals surface area contributed by atoms with E-state index >= 15 is 0 Å². The van der Waals surface area contributed by atoms with Gasteiger partial charge >= 0.3 is 0 Å². The van der Waals surface area contributed by atoms with Gasteiger partial charge in [0.05, 0.1) is 11.7 Å². The molecule has 3 heteroatoms. The van der Waals surface area contributed by atoms with Gasteiger partial charge in [0, 0.05) is 19.3 Å². The van der Waals surface area contributed by atoms with Crippen LogP contribution in [-0.2, 0) is 0 Å². The molecule has 0 bridgehead atoms. The van der Waals surface area contributed by atoms with Crippen LogP contribution < -0.4 is 4.90 Å². The van der Waals surface area contributed by atoms with Gasteiger partial charge < -0.3 is 15.1 Å². The highest BCUT2D eigenvalue weighted by Crippen LogP contribution is 2.31. The van der Waals surface area contributed by atoms with Crippen molar-refractivity contribution in [2.24, 2.45) is 0 Å². The molecule has 0 unspecified atom stereocenters. The summed E-state index contributed by atoms with van der Waals surface area (Å²) in [5.74, 6) is 0. The Morgan fingerprint density at radius 2 is 1.79 bits per heavy atom. The topological polar surface area (TPSA) is 43.7 Å². The molecule has 1 saturated carbocycles. The van der Waals surface area contributed by atoms with E-state index in [2.05, 4.69) is 4.90 Å². The zero-order valence-corrected chi connectivity index (χ0v) is 12.0. The fourth-order valence-corrected chi connectivity index (χ4v) is 2.91. The van der Waals surface area contributed by atoms with Crippen LogP contribution >= 0.6 is 0 Å². The van der Waals surface area contributed by atoms with Crippen molar-refractivity contribution in [1.82, 2.24) is 0 Å². The number of hydrogen-bond acceptors (Lipinski definition) is 3. The Morgan fingerprint density at radius 3 is 2.32 bits per heavy atom. The van der Waals surface area contributed by atoms with Crippen molar-refractivity contribution in [1.29, 1.82) is 0 Å². The van der Waals surface area contributed by atoms with Crippen LogP contribution in [0.1, 0.15) is 50.7 Å². The molecule has 1 atom stereocenters. The summed E-state index contributed by atoms with van der Waals surface area (Å²) in [6, 6.07) is 7.98. The maximum atomic E-state index is 10.4. The smallest absolute Gasteiger partial charge is 0.0821 e. The molecule has 1 aromatic carbocycles. The lowest BCUT2D eigenvalue weighted by atomic mass is 10.0. The lowest BCUT2D eigenvalue weighted by Gasteiger charge is -2.30. The molecule has 106 valence electrons. The summed E-state index contributed by atoms with van der Waals surface area (Å²) in [5, 5.41) is 20.2. The number of aliphatic hydroxyl groups is 2. The van der Waals surface area contributed by atoms with Gasteiger partial charge in [-0.15, -0.1) is 0 Å². The Morgan fingerprint density at radius 1 is 1.21 bits per heavy atom. The predicted molar refractivity (Wildman–Crippen MR) is 78.4 cm³/mol. The number of hydrogen-bond donors (Lipinski definition) is 2. The van der Waals surface area contributed by atoms with Gasteiger partial charge in [0.15, 0.2) is 0 Å². The molecule has 0 radical (unpaired) electrons. The molecular formula is C16H25NO2. The van der Waals surface area contributed by atoms with Gasteiger partial charge in [-0.2, -0.15) is 0 Å². The van der Waals surface area contributed by atoms with Gasteiger partial charge in [-0.1, -0.05) is 31.9 Å². The monoisotopic (exact) mass is 263 g/mol. The predicted octanol–water partition coefficient (Wildman–Crippen LogP) is 2.87. The van der Waals surface area contributed by atoms with Crippen LogP contribution in [0.4, 0.5) is 5.69 Å². The standard InChI is InChI=1S/C16H25NO2/c1-3-15(18)13-6-8-14(9-7-13)17(2)12-16(19)10-4-5-11-16/h6-9,15,18-19H,3-5,10-12H2,1-2H3/t15-/m0/s1. The quantitative estimate of drug-likeness (QED) is 0.858. The van der Waals surface area contributed by atoms with Gasteiger partial charge in [0.1, 0.15) is 0 Å². The van der Waals surface area contributed by atoms with E-state index in [9.17, 15) is 10.2 Å². The minimum Gasteiger partial charge on any atom is -0.388 e. The SMILES string of the molecule is CC[C@H](O)c1ccc(N(C)CC2(O)CCCC2)cc1. The lowest BCUT2D eigenvalue weighted by molar-refractivity contribution is 0.0559.